The van der Waals surface area contributed by atoms with E-state index in [9.17, 15) is 4.79 Å². The molecule has 1 amide bonds. The summed E-state index contributed by atoms with van der Waals surface area (Å²) in [4.78, 5) is 12.1. The van der Waals surface area contributed by atoms with E-state index in [0.717, 1.165) is 36.9 Å². The van der Waals surface area contributed by atoms with Crippen molar-refractivity contribution < 1.29 is 4.79 Å². The van der Waals surface area contributed by atoms with Crippen LogP contribution in [0.1, 0.15) is 31.2 Å². The number of nitriles is 1. The molecular weight excluding hydrogens is 238 g/mol. The van der Waals surface area contributed by atoms with Gasteiger partial charge >= 0.3 is 0 Å². The number of benzene rings is 1. The first-order chi connectivity index (χ1) is 9.19. The first-order valence-electron chi connectivity index (χ1n) is 6.71. The van der Waals surface area contributed by atoms with Crippen molar-refractivity contribution >= 4 is 11.6 Å². The molecule has 0 aliphatic heterocycles. The van der Waals surface area contributed by atoms with Gasteiger partial charge in [0.05, 0.1) is 12.5 Å². The van der Waals surface area contributed by atoms with Crippen molar-refractivity contribution in [3.8, 4) is 6.07 Å². The number of nitrogens with two attached hydrogens (primary N) is 1. The lowest BCUT2D eigenvalue weighted by molar-refractivity contribution is -0.120. The maximum Gasteiger partial charge on any atom is 0.227 e. The van der Waals surface area contributed by atoms with Gasteiger partial charge in [-0.3, -0.25) is 4.79 Å². The van der Waals surface area contributed by atoms with Crippen molar-refractivity contribution in [3.05, 3.63) is 29.8 Å². The summed E-state index contributed by atoms with van der Waals surface area (Å²) in [5, 5.41) is 11.5. The number of carbonyl (C=O) groups is 1. The Hall–Kier alpha value is -1.86. The maximum atomic E-state index is 12.1. The molecular formula is C15H19N3O. The van der Waals surface area contributed by atoms with Gasteiger partial charge in [0.15, 0.2) is 0 Å². The van der Waals surface area contributed by atoms with Crippen molar-refractivity contribution in [2.45, 2.75) is 38.1 Å². The lowest BCUT2D eigenvalue weighted by atomic mass is 9.86. The van der Waals surface area contributed by atoms with E-state index in [1.54, 1.807) is 0 Å². The lowest BCUT2D eigenvalue weighted by Crippen LogP contribution is -2.32. The van der Waals surface area contributed by atoms with E-state index in [1.807, 2.05) is 24.3 Å². The summed E-state index contributed by atoms with van der Waals surface area (Å²) in [5.74, 6) is 0.165. The molecule has 1 aliphatic carbocycles. The topological polar surface area (TPSA) is 78.9 Å². The predicted octanol–water partition coefficient (Wildman–Crippen LogP) is 2.21. The Morgan fingerprint density at radius 3 is 2.47 bits per heavy atom. The molecule has 2 rings (SSSR count). The molecule has 0 unspecified atom stereocenters. The van der Waals surface area contributed by atoms with Crippen LogP contribution in [0.2, 0.25) is 0 Å². The third-order valence-corrected chi connectivity index (χ3v) is 3.65. The molecule has 19 heavy (non-hydrogen) atoms. The van der Waals surface area contributed by atoms with Crippen LogP contribution in [0.3, 0.4) is 0 Å². The third-order valence-electron chi connectivity index (χ3n) is 3.65. The second kappa shape index (κ2) is 6.35. The molecule has 0 radical (unpaired) electrons. The average molecular weight is 257 g/mol. The zero-order valence-electron chi connectivity index (χ0n) is 10.9. The van der Waals surface area contributed by atoms with E-state index >= 15 is 0 Å². The summed E-state index contributed by atoms with van der Waals surface area (Å²) < 4.78 is 0. The zero-order chi connectivity index (χ0) is 13.7. The molecule has 1 aromatic rings. The van der Waals surface area contributed by atoms with Gasteiger partial charge in [0, 0.05) is 17.6 Å². The molecule has 4 heteroatoms. The smallest absolute Gasteiger partial charge is 0.227 e. The van der Waals surface area contributed by atoms with Crippen molar-refractivity contribution in [1.29, 1.82) is 5.26 Å². The van der Waals surface area contributed by atoms with Crippen LogP contribution in [-0.2, 0) is 11.2 Å². The highest BCUT2D eigenvalue weighted by Crippen LogP contribution is 2.24. The number of hydrogen-bond acceptors (Lipinski definition) is 3. The van der Waals surface area contributed by atoms with Crippen molar-refractivity contribution in [1.82, 2.24) is 0 Å². The number of carbonyl (C=O) groups excluding carboxylic acids is 1. The molecule has 0 heterocycles. The Kier molecular flexibility index (Phi) is 4.53. The van der Waals surface area contributed by atoms with Crippen molar-refractivity contribution in [2.75, 3.05) is 5.32 Å². The standard InChI is InChI=1S/C15H19N3O/c16-10-9-11-1-7-14(8-2-11)18-15(19)12-3-5-13(17)6-4-12/h1-2,7-8,12-13H,3-6,9,17H2,(H,18,19). The molecule has 100 valence electrons. The van der Waals surface area contributed by atoms with Gasteiger partial charge in [0.2, 0.25) is 5.91 Å². The minimum Gasteiger partial charge on any atom is -0.328 e. The highest BCUT2D eigenvalue weighted by Gasteiger charge is 2.24. The summed E-state index contributed by atoms with van der Waals surface area (Å²) in [7, 11) is 0. The number of amides is 1. The van der Waals surface area contributed by atoms with Gasteiger partial charge in [-0.25, -0.2) is 0 Å². The molecule has 1 fully saturated rings. The van der Waals surface area contributed by atoms with E-state index < -0.39 is 0 Å². The summed E-state index contributed by atoms with van der Waals surface area (Å²) in [6.07, 6.45) is 4.01. The first kappa shape index (κ1) is 13.6. The van der Waals surface area contributed by atoms with Gasteiger partial charge in [0.25, 0.3) is 0 Å². The normalized spacial score (nSPS) is 22.5. The molecule has 0 spiro atoms. The fraction of sp³-hybridized carbons (Fsp3) is 0.467. The molecule has 0 atom stereocenters. The Morgan fingerprint density at radius 1 is 1.26 bits per heavy atom. The Morgan fingerprint density at radius 2 is 1.89 bits per heavy atom. The minimum absolute atomic E-state index is 0.0820. The maximum absolute atomic E-state index is 12.1. The number of hydrogen-bond donors (Lipinski definition) is 2. The van der Waals surface area contributed by atoms with E-state index in [0.29, 0.717) is 6.42 Å². The lowest BCUT2D eigenvalue weighted by Gasteiger charge is -2.25. The van der Waals surface area contributed by atoms with Gasteiger partial charge in [-0.1, -0.05) is 12.1 Å². The number of anilines is 1. The van der Waals surface area contributed by atoms with Crippen LogP contribution in [0.15, 0.2) is 24.3 Å². The SMILES string of the molecule is N#CCc1ccc(NC(=O)C2CCC(N)CC2)cc1. The van der Waals surface area contributed by atoms with Crippen molar-refractivity contribution in [2.24, 2.45) is 11.7 Å². The molecule has 1 saturated carbocycles. The monoisotopic (exact) mass is 257 g/mol. The Balaban J connectivity index is 1.90. The molecule has 1 aromatic carbocycles. The summed E-state index contributed by atoms with van der Waals surface area (Å²) in [6, 6.07) is 9.79. The quantitative estimate of drug-likeness (QED) is 0.871. The van der Waals surface area contributed by atoms with Crippen LogP contribution in [-0.4, -0.2) is 11.9 Å². The van der Waals surface area contributed by atoms with E-state index in [1.165, 1.54) is 0 Å². The fourth-order valence-corrected chi connectivity index (χ4v) is 2.42. The molecule has 0 bridgehead atoms. The van der Waals surface area contributed by atoms with Gasteiger partial charge < -0.3 is 11.1 Å². The number of rotatable bonds is 3. The van der Waals surface area contributed by atoms with E-state index in [4.69, 9.17) is 11.0 Å². The van der Waals surface area contributed by atoms with Crippen LogP contribution in [0, 0.1) is 17.2 Å². The molecule has 4 nitrogen and oxygen atoms in total. The Bertz CT molecular complexity index is 467. The summed E-state index contributed by atoms with van der Waals surface area (Å²) in [6.45, 7) is 0. The van der Waals surface area contributed by atoms with Crippen LogP contribution in [0.4, 0.5) is 5.69 Å². The molecule has 0 aromatic heterocycles. The first-order valence-corrected chi connectivity index (χ1v) is 6.71. The molecule has 3 N–H and O–H groups in total. The van der Waals surface area contributed by atoms with E-state index in [-0.39, 0.29) is 17.9 Å². The van der Waals surface area contributed by atoms with Crippen molar-refractivity contribution in [3.63, 3.8) is 0 Å². The van der Waals surface area contributed by atoms with Crippen LogP contribution in [0.5, 0.6) is 0 Å². The van der Waals surface area contributed by atoms with Crippen LogP contribution >= 0.6 is 0 Å². The second-order valence-electron chi connectivity index (χ2n) is 5.13. The van der Waals surface area contributed by atoms with Crippen LogP contribution in [0.25, 0.3) is 0 Å². The fourth-order valence-electron chi connectivity index (χ4n) is 2.42. The van der Waals surface area contributed by atoms with Crippen LogP contribution < -0.4 is 11.1 Å². The second-order valence-corrected chi connectivity index (χ2v) is 5.13. The van der Waals surface area contributed by atoms with E-state index in [2.05, 4.69) is 11.4 Å². The highest BCUT2D eigenvalue weighted by atomic mass is 16.1. The third kappa shape index (κ3) is 3.80. The zero-order valence-corrected chi connectivity index (χ0v) is 10.9. The minimum atomic E-state index is 0.0820. The van der Waals surface area contributed by atoms with Gasteiger partial charge in [-0.05, 0) is 43.4 Å². The van der Waals surface area contributed by atoms with Gasteiger partial charge in [-0.2, -0.15) is 5.26 Å². The van der Waals surface area contributed by atoms with Gasteiger partial charge in [-0.15, -0.1) is 0 Å². The summed E-state index contributed by atoms with van der Waals surface area (Å²) >= 11 is 0. The molecule has 1 aliphatic rings. The Labute approximate surface area is 113 Å². The largest absolute Gasteiger partial charge is 0.328 e. The highest BCUT2D eigenvalue weighted by molar-refractivity contribution is 5.92. The number of nitrogens with one attached hydrogen (secondary N) is 1. The molecule has 0 saturated heterocycles. The predicted molar refractivity (Wildman–Crippen MR) is 74.3 cm³/mol. The summed E-state index contributed by atoms with van der Waals surface area (Å²) in [5.41, 5.74) is 7.59. The average Bonchev–Trinajstić information content (AvgIpc) is 2.42. The number of nitrogens with zero attached hydrogens (tertiary/aromatic N) is 1. The van der Waals surface area contributed by atoms with Gasteiger partial charge in [0.1, 0.15) is 0 Å².